The molecule has 99 heavy (non-hydrogen) atoms. The first kappa shape index (κ1) is 90.7. The Hall–Kier alpha value is -2.56. The number of carbonyl (C=O) groups is 3. The molecule has 3 aliphatic rings. The van der Waals surface area contributed by atoms with E-state index in [1.54, 1.807) is 0 Å². The largest absolute Gasteiger partial charge is 0.472 e. The second-order valence-corrected chi connectivity index (χ2v) is 29.1. The zero-order chi connectivity index (χ0) is 72.5. The van der Waals surface area contributed by atoms with E-state index in [9.17, 15) is 74.9 Å². The van der Waals surface area contributed by atoms with E-state index in [0.717, 1.165) is 89.9 Å². The van der Waals surface area contributed by atoms with Crippen molar-refractivity contribution in [1.82, 2.24) is 0 Å². The van der Waals surface area contributed by atoms with Crippen LogP contribution in [0.25, 0.3) is 0 Å². The maximum atomic E-state index is 14.3. The van der Waals surface area contributed by atoms with Gasteiger partial charge in [0.1, 0.15) is 98.7 Å². The summed E-state index contributed by atoms with van der Waals surface area (Å²) in [6.45, 7) is 3.43. The molecule has 24 nitrogen and oxygen atoms in total. The van der Waals surface area contributed by atoms with Crippen molar-refractivity contribution in [2.24, 2.45) is 0 Å². The van der Waals surface area contributed by atoms with Crippen LogP contribution in [0.3, 0.4) is 0 Å². The Morgan fingerprint density at radius 2 is 0.707 bits per heavy atom. The molecular weight excluding hydrogens is 1300 g/mol. The van der Waals surface area contributed by atoms with E-state index in [0.29, 0.717) is 25.7 Å². The summed E-state index contributed by atoms with van der Waals surface area (Å²) in [4.78, 5) is 51.0. The number of phosphoric ester groups is 1. The number of ether oxygens (including phenoxy) is 7. The molecule has 2 heterocycles. The number of aliphatic hydroxyl groups excluding tert-OH is 10. The summed E-state index contributed by atoms with van der Waals surface area (Å²) in [6, 6.07) is 0. The fourth-order valence-electron chi connectivity index (χ4n) is 12.6. The third-order valence-electron chi connectivity index (χ3n) is 19.0. The minimum Gasteiger partial charge on any atom is -0.463 e. The average molecular weight is 1440 g/mol. The quantitative estimate of drug-likeness (QED) is 0.00886. The Morgan fingerprint density at radius 3 is 1.10 bits per heavy atom. The molecule has 18 atom stereocenters. The second kappa shape index (κ2) is 55.9. The molecule has 580 valence electrons. The lowest BCUT2D eigenvalue weighted by Crippen LogP contribution is -2.69. The summed E-state index contributed by atoms with van der Waals surface area (Å²) in [6.07, 6.45) is 16.7. The van der Waals surface area contributed by atoms with E-state index in [-0.39, 0.29) is 19.3 Å². The fourth-order valence-corrected chi connectivity index (χ4v) is 13.6. The number of hydrogen-bond donors (Lipinski definition) is 11. The molecule has 3 fully saturated rings. The van der Waals surface area contributed by atoms with Gasteiger partial charge in [0.2, 0.25) is 0 Å². The molecule has 0 radical (unpaired) electrons. The highest BCUT2D eigenvalue weighted by Crippen LogP contribution is 2.49. The molecule has 18 unspecified atom stereocenters. The van der Waals surface area contributed by atoms with Gasteiger partial charge in [0.25, 0.3) is 0 Å². The summed E-state index contributed by atoms with van der Waals surface area (Å²) in [5.74, 6) is -2.02. The van der Waals surface area contributed by atoms with E-state index >= 15 is 0 Å². The van der Waals surface area contributed by atoms with Gasteiger partial charge >= 0.3 is 25.7 Å². The number of esters is 3. The third-order valence-corrected chi connectivity index (χ3v) is 19.9. The molecule has 0 spiro atoms. The molecule has 0 aromatic heterocycles. The normalized spacial score (nSPS) is 27.6. The standard InChI is InChI=1S/C74H135O24P/c1-4-7-10-13-16-19-22-25-28-29-32-34-36-39-42-45-48-58(76)90-52-55(93-60(78)50-47-44-41-38-35-31-27-24-21-18-15-12-9-6-3)53-92-99(88,89)98-72-70(96-73-68(86)63(81)61(79)56(51-75)94-73)66(84)65(83)67(85)71(72)97-74-69(87)64(82)62(80)57(95-74)54-91-59(77)49-46-43-40-37-33-30-26-23-20-17-14-11-8-5-2/h30-31,33,35,55-57,61-75,79-87H,4-29,32,34,36-54H2,1-3H3,(H,88,89)/b33-30-,35-31-. The number of carbonyl (C=O) groups excluding carboxylic acids is 3. The molecule has 25 heteroatoms. The van der Waals surface area contributed by atoms with Gasteiger partial charge in [-0.25, -0.2) is 4.57 Å². The van der Waals surface area contributed by atoms with Crippen molar-refractivity contribution < 1.29 is 117 Å². The van der Waals surface area contributed by atoms with Crippen LogP contribution in [-0.4, -0.2) is 204 Å². The molecule has 11 N–H and O–H groups in total. The summed E-state index contributed by atoms with van der Waals surface area (Å²) in [5, 5.41) is 110. The Balaban J connectivity index is 1.73. The summed E-state index contributed by atoms with van der Waals surface area (Å²) in [7, 11) is -5.70. The van der Waals surface area contributed by atoms with Gasteiger partial charge in [0, 0.05) is 19.3 Å². The average Bonchev–Trinajstić information content (AvgIpc) is 0.763. The first-order chi connectivity index (χ1) is 47.8. The predicted molar refractivity (Wildman–Crippen MR) is 374 cm³/mol. The summed E-state index contributed by atoms with van der Waals surface area (Å²) >= 11 is 0. The zero-order valence-electron chi connectivity index (χ0n) is 60.5. The van der Waals surface area contributed by atoms with Crippen LogP contribution >= 0.6 is 7.82 Å². The van der Waals surface area contributed by atoms with Crippen LogP contribution in [0.2, 0.25) is 0 Å². The maximum absolute atomic E-state index is 14.3. The van der Waals surface area contributed by atoms with Crippen molar-refractivity contribution >= 4 is 25.7 Å². The van der Waals surface area contributed by atoms with Crippen molar-refractivity contribution in [3.05, 3.63) is 24.3 Å². The van der Waals surface area contributed by atoms with Crippen LogP contribution in [0.1, 0.15) is 297 Å². The van der Waals surface area contributed by atoms with E-state index in [1.165, 1.54) is 141 Å². The molecule has 0 bridgehead atoms. The smallest absolute Gasteiger partial charge is 0.463 e. The lowest BCUT2D eigenvalue weighted by molar-refractivity contribution is -0.360. The Bertz CT molecular complexity index is 2140. The number of allylic oxidation sites excluding steroid dienone is 4. The highest BCUT2D eigenvalue weighted by Gasteiger charge is 2.58. The van der Waals surface area contributed by atoms with Gasteiger partial charge in [-0.2, -0.15) is 0 Å². The first-order valence-electron chi connectivity index (χ1n) is 38.6. The van der Waals surface area contributed by atoms with Gasteiger partial charge in [-0.05, 0) is 70.6 Å². The highest BCUT2D eigenvalue weighted by atomic mass is 31.2. The van der Waals surface area contributed by atoms with E-state index in [2.05, 4.69) is 45.1 Å². The minimum absolute atomic E-state index is 0.00787. The molecule has 1 saturated carbocycles. The topological polar surface area (TPSA) is 374 Å². The third kappa shape index (κ3) is 38.9. The number of rotatable bonds is 60. The maximum Gasteiger partial charge on any atom is 0.472 e. The SMILES string of the molecule is CCCCCCCCC/C=C\CCCCCC(=O)OCC1OC(OC2C(O)C(O)C(O)C(OC3OC(CO)C(O)C(O)C3O)C2OP(=O)(O)OCC(COC(=O)CCCCCCCCCCCCCCCCCC)OC(=O)CCCCC/C=C\CCCCCCCCC)C(O)C(O)C1O. The van der Waals surface area contributed by atoms with Crippen molar-refractivity contribution in [2.45, 2.75) is 401 Å². The van der Waals surface area contributed by atoms with Crippen LogP contribution in [0.4, 0.5) is 0 Å². The first-order valence-corrected chi connectivity index (χ1v) is 40.1. The molecule has 2 aliphatic heterocycles. The van der Waals surface area contributed by atoms with Crippen LogP contribution in [0.5, 0.6) is 0 Å². The lowest BCUT2D eigenvalue weighted by Gasteiger charge is -2.49. The molecule has 2 saturated heterocycles. The van der Waals surface area contributed by atoms with E-state index in [1.807, 2.05) is 0 Å². The zero-order valence-corrected chi connectivity index (χ0v) is 61.4. The van der Waals surface area contributed by atoms with Gasteiger partial charge in [-0.3, -0.25) is 23.4 Å². The molecular formula is C74H135O24P. The number of phosphoric acid groups is 1. The molecule has 3 rings (SSSR count). The van der Waals surface area contributed by atoms with Gasteiger partial charge in [-0.15, -0.1) is 0 Å². The Kier molecular flexibility index (Phi) is 51.2. The molecule has 0 aromatic carbocycles. The monoisotopic (exact) mass is 1440 g/mol. The van der Waals surface area contributed by atoms with Crippen LogP contribution < -0.4 is 0 Å². The molecule has 0 aromatic rings. The van der Waals surface area contributed by atoms with E-state index in [4.69, 9.17) is 42.2 Å². The van der Waals surface area contributed by atoms with Gasteiger partial charge in [0.15, 0.2) is 18.7 Å². The predicted octanol–water partition coefficient (Wildman–Crippen LogP) is 10.9. The van der Waals surface area contributed by atoms with Crippen LogP contribution in [0, 0.1) is 0 Å². The number of aliphatic hydroxyl groups is 10. The van der Waals surface area contributed by atoms with E-state index < -0.39 is 156 Å². The molecule has 1 aliphatic carbocycles. The van der Waals surface area contributed by atoms with Gasteiger partial charge in [-0.1, -0.05) is 231 Å². The van der Waals surface area contributed by atoms with Gasteiger partial charge < -0.3 is 89.1 Å². The van der Waals surface area contributed by atoms with Gasteiger partial charge in [0.05, 0.1) is 13.2 Å². The lowest BCUT2D eigenvalue weighted by atomic mass is 9.84. The summed E-state index contributed by atoms with van der Waals surface area (Å²) < 4.78 is 65.0. The van der Waals surface area contributed by atoms with Crippen molar-refractivity contribution in [3.63, 3.8) is 0 Å². The van der Waals surface area contributed by atoms with Crippen LogP contribution in [0.15, 0.2) is 24.3 Å². The fraction of sp³-hybridized carbons (Fsp3) is 0.905. The van der Waals surface area contributed by atoms with Crippen molar-refractivity contribution in [2.75, 3.05) is 26.4 Å². The number of hydrogen-bond acceptors (Lipinski definition) is 23. The van der Waals surface area contributed by atoms with Crippen molar-refractivity contribution in [1.29, 1.82) is 0 Å². The summed E-state index contributed by atoms with van der Waals surface area (Å²) in [5.41, 5.74) is 0. The van der Waals surface area contributed by atoms with Crippen molar-refractivity contribution in [3.8, 4) is 0 Å². The minimum atomic E-state index is -5.70. The Labute approximate surface area is 592 Å². The second-order valence-electron chi connectivity index (χ2n) is 27.7. The Morgan fingerprint density at radius 1 is 0.384 bits per heavy atom. The molecule has 0 amide bonds. The highest BCUT2D eigenvalue weighted by molar-refractivity contribution is 7.47. The van der Waals surface area contributed by atoms with Crippen LogP contribution in [-0.2, 0) is 61.2 Å². The number of unbranched alkanes of at least 4 members (excludes halogenated alkanes) is 35.